The lowest BCUT2D eigenvalue weighted by Gasteiger charge is -2.28. The highest BCUT2D eigenvalue weighted by atomic mass is 16.7. The predicted molar refractivity (Wildman–Crippen MR) is 72.0 cm³/mol. The molecule has 0 saturated heterocycles. The second-order valence-electron chi connectivity index (χ2n) is 4.95. The molecule has 0 fully saturated rings. The van der Waals surface area contributed by atoms with Gasteiger partial charge < -0.3 is 9.47 Å². The average Bonchev–Trinajstić information content (AvgIpc) is 2.27. The van der Waals surface area contributed by atoms with Gasteiger partial charge in [-0.3, -0.25) is 0 Å². The summed E-state index contributed by atoms with van der Waals surface area (Å²) >= 11 is 0. The van der Waals surface area contributed by atoms with Crippen molar-refractivity contribution >= 4 is 6.08 Å². The van der Waals surface area contributed by atoms with E-state index in [-0.39, 0.29) is 0 Å². The molecule has 0 radical (unpaired) electrons. The van der Waals surface area contributed by atoms with Gasteiger partial charge in [0.25, 0.3) is 0 Å². The van der Waals surface area contributed by atoms with Gasteiger partial charge in [-0.15, -0.1) is 0 Å². The number of para-hydroxylation sites is 1. The maximum Gasteiger partial charge on any atom is 0.204 e. The number of rotatable bonds is 6. The summed E-state index contributed by atoms with van der Waals surface area (Å²) in [6, 6.07) is 7.81. The average molecular weight is 234 g/mol. The summed E-state index contributed by atoms with van der Waals surface area (Å²) in [4.78, 5) is 0. The minimum absolute atomic E-state index is 0.493. The summed E-state index contributed by atoms with van der Waals surface area (Å²) in [7, 11) is 0. The van der Waals surface area contributed by atoms with Gasteiger partial charge in [0.2, 0.25) is 5.79 Å². The molecular formula is C15H22O2. The summed E-state index contributed by atoms with van der Waals surface area (Å²) < 4.78 is 11.6. The van der Waals surface area contributed by atoms with Crippen molar-refractivity contribution < 1.29 is 9.47 Å². The van der Waals surface area contributed by atoms with Crippen molar-refractivity contribution in [3.63, 3.8) is 0 Å². The molecule has 1 aromatic carbocycles. The van der Waals surface area contributed by atoms with E-state index in [1.807, 2.05) is 38.1 Å². The van der Waals surface area contributed by atoms with E-state index in [9.17, 15) is 0 Å². The molecule has 0 bridgehead atoms. The quantitative estimate of drug-likeness (QED) is 0.689. The minimum Gasteiger partial charge on any atom is -0.462 e. The van der Waals surface area contributed by atoms with Gasteiger partial charge in [-0.1, -0.05) is 44.7 Å². The first-order chi connectivity index (χ1) is 7.94. The molecule has 0 aliphatic rings. The molecule has 2 nitrogen and oxygen atoms in total. The van der Waals surface area contributed by atoms with Crippen molar-refractivity contribution in [1.82, 2.24) is 0 Å². The molecule has 0 aliphatic heterocycles. The lowest BCUT2D eigenvalue weighted by atomic mass is 10.2. The Morgan fingerprint density at radius 2 is 1.94 bits per heavy atom. The van der Waals surface area contributed by atoms with E-state index in [0.29, 0.717) is 12.5 Å². The normalized spacial score (nSPS) is 11.6. The molecule has 0 spiro atoms. The molecule has 1 rings (SSSR count). The van der Waals surface area contributed by atoms with Crippen LogP contribution in [0.15, 0.2) is 30.8 Å². The Morgan fingerprint density at radius 3 is 2.53 bits per heavy atom. The van der Waals surface area contributed by atoms with Crippen LogP contribution in [0, 0.1) is 5.92 Å². The highest BCUT2D eigenvalue weighted by Crippen LogP contribution is 2.24. The molecule has 0 heterocycles. The Balaban J connectivity index is 2.71. The van der Waals surface area contributed by atoms with E-state index in [1.165, 1.54) is 0 Å². The predicted octanol–water partition coefficient (Wildman–Crippen LogP) is 4.12. The number of ether oxygens (including phenoxy) is 2. The molecule has 0 saturated carbocycles. The van der Waals surface area contributed by atoms with Gasteiger partial charge in [0, 0.05) is 19.4 Å². The minimum atomic E-state index is -0.622. The van der Waals surface area contributed by atoms with Gasteiger partial charge in [-0.2, -0.15) is 0 Å². The highest BCUT2D eigenvalue weighted by Gasteiger charge is 2.21. The fraction of sp³-hybridized carbons (Fsp3) is 0.467. The molecule has 0 atom stereocenters. The van der Waals surface area contributed by atoms with Crippen molar-refractivity contribution in [2.75, 3.05) is 6.61 Å². The number of hydrogen-bond donors (Lipinski definition) is 0. The van der Waals surface area contributed by atoms with Crippen LogP contribution in [-0.4, -0.2) is 12.4 Å². The fourth-order valence-corrected chi connectivity index (χ4v) is 1.40. The third-order valence-corrected chi connectivity index (χ3v) is 2.26. The lowest BCUT2D eigenvalue weighted by molar-refractivity contribution is -0.162. The third kappa shape index (κ3) is 4.61. The van der Waals surface area contributed by atoms with Gasteiger partial charge in [0.15, 0.2) is 0 Å². The first-order valence-electron chi connectivity index (χ1n) is 5.99. The lowest BCUT2D eigenvalue weighted by Crippen LogP contribution is -2.33. The van der Waals surface area contributed by atoms with Crippen LogP contribution in [-0.2, 0) is 4.74 Å². The zero-order chi connectivity index (χ0) is 12.9. The Morgan fingerprint density at radius 1 is 1.29 bits per heavy atom. The molecule has 94 valence electrons. The Bertz CT molecular complexity index is 367. The van der Waals surface area contributed by atoms with Crippen LogP contribution in [0.2, 0.25) is 0 Å². The maximum atomic E-state index is 5.88. The van der Waals surface area contributed by atoms with Gasteiger partial charge in [0.05, 0.1) is 6.61 Å². The Labute approximate surface area is 104 Å². The van der Waals surface area contributed by atoms with E-state index in [4.69, 9.17) is 9.47 Å². The van der Waals surface area contributed by atoms with Gasteiger partial charge in [-0.05, 0) is 12.0 Å². The monoisotopic (exact) mass is 234 g/mol. The second-order valence-corrected chi connectivity index (χ2v) is 4.95. The van der Waals surface area contributed by atoms with Crippen LogP contribution in [0.3, 0.4) is 0 Å². The number of hydrogen-bond acceptors (Lipinski definition) is 2. The van der Waals surface area contributed by atoms with E-state index >= 15 is 0 Å². The Hall–Kier alpha value is -1.28. The summed E-state index contributed by atoms with van der Waals surface area (Å²) in [5, 5.41) is 0. The Kier molecular flexibility index (Phi) is 4.76. The van der Waals surface area contributed by atoms with Gasteiger partial charge in [0.1, 0.15) is 5.75 Å². The summed E-state index contributed by atoms with van der Waals surface area (Å²) in [6.45, 7) is 12.5. The summed E-state index contributed by atoms with van der Waals surface area (Å²) in [5.41, 5.74) is 0.980. The first kappa shape index (κ1) is 13.8. The van der Waals surface area contributed by atoms with Crippen molar-refractivity contribution in [3.8, 4) is 5.75 Å². The van der Waals surface area contributed by atoms with E-state index in [0.717, 1.165) is 11.3 Å². The smallest absolute Gasteiger partial charge is 0.204 e. The van der Waals surface area contributed by atoms with Gasteiger partial charge >= 0.3 is 0 Å². The van der Waals surface area contributed by atoms with E-state index < -0.39 is 5.79 Å². The molecule has 0 aromatic heterocycles. The van der Waals surface area contributed by atoms with Crippen LogP contribution < -0.4 is 4.74 Å². The number of benzene rings is 1. The topological polar surface area (TPSA) is 18.5 Å². The molecule has 0 N–H and O–H groups in total. The molecule has 2 heteroatoms. The molecule has 17 heavy (non-hydrogen) atoms. The summed E-state index contributed by atoms with van der Waals surface area (Å²) in [5.74, 6) is 0.674. The fourth-order valence-electron chi connectivity index (χ4n) is 1.40. The summed E-state index contributed by atoms with van der Waals surface area (Å²) in [6.07, 6.45) is 1.79. The molecule has 0 unspecified atom stereocenters. The van der Waals surface area contributed by atoms with Crippen molar-refractivity contribution in [3.05, 3.63) is 36.4 Å². The molecule has 0 aliphatic carbocycles. The van der Waals surface area contributed by atoms with Crippen LogP contribution in [0.1, 0.15) is 33.3 Å². The van der Waals surface area contributed by atoms with E-state index in [1.54, 1.807) is 6.08 Å². The van der Waals surface area contributed by atoms with Crippen LogP contribution in [0.25, 0.3) is 6.08 Å². The second kappa shape index (κ2) is 5.87. The van der Waals surface area contributed by atoms with Crippen molar-refractivity contribution in [1.29, 1.82) is 0 Å². The van der Waals surface area contributed by atoms with Crippen molar-refractivity contribution in [2.24, 2.45) is 5.92 Å². The molecule has 0 amide bonds. The van der Waals surface area contributed by atoms with Crippen LogP contribution in [0.4, 0.5) is 0 Å². The van der Waals surface area contributed by atoms with E-state index in [2.05, 4.69) is 20.4 Å². The molecular weight excluding hydrogens is 212 g/mol. The van der Waals surface area contributed by atoms with Gasteiger partial charge in [-0.25, -0.2) is 0 Å². The first-order valence-corrected chi connectivity index (χ1v) is 5.99. The molecule has 1 aromatic rings. The van der Waals surface area contributed by atoms with Crippen LogP contribution >= 0.6 is 0 Å². The largest absolute Gasteiger partial charge is 0.462 e. The van der Waals surface area contributed by atoms with Crippen molar-refractivity contribution in [2.45, 2.75) is 33.5 Å². The third-order valence-electron chi connectivity index (χ3n) is 2.26. The van der Waals surface area contributed by atoms with Crippen LogP contribution in [0.5, 0.6) is 5.75 Å². The zero-order valence-electron chi connectivity index (χ0n) is 11.2. The standard InChI is InChI=1S/C15H22O2/c1-6-13-9-7-8-10-14(13)17-15(4,5)16-11-12(2)3/h6-10,12H,1,11H2,2-5H3. The highest BCUT2D eigenvalue weighted by molar-refractivity contribution is 5.55. The SMILES string of the molecule is C=Cc1ccccc1OC(C)(C)OCC(C)C. The maximum absolute atomic E-state index is 5.88. The zero-order valence-corrected chi connectivity index (χ0v) is 11.2.